The maximum atomic E-state index is 5.63. The van der Waals surface area contributed by atoms with E-state index in [9.17, 15) is 0 Å². The summed E-state index contributed by atoms with van der Waals surface area (Å²) in [4.78, 5) is 5.37. The predicted octanol–water partition coefficient (Wildman–Crippen LogP) is 5.16. The topological polar surface area (TPSA) is 47.8 Å². The molecule has 2 aromatic carbocycles. The third-order valence-electron chi connectivity index (χ3n) is 5.52. The van der Waals surface area contributed by atoms with Crippen LogP contribution in [0.4, 0.5) is 0 Å². The first-order chi connectivity index (χ1) is 14.7. The number of hydrogen-bond acceptors (Lipinski definition) is 5. The summed E-state index contributed by atoms with van der Waals surface area (Å²) in [7, 11) is 5.16. The van der Waals surface area contributed by atoms with E-state index in [0.717, 1.165) is 46.8 Å². The van der Waals surface area contributed by atoms with Crippen LogP contribution in [0.2, 0.25) is 0 Å². The Morgan fingerprint density at radius 2 is 1.93 bits per heavy atom. The molecule has 5 nitrogen and oxygen atoms in total. The minimum atomic E-state index is 0.584. The normalized spacial score (nSPS) is 16.8. The standard InChI is InChI=1S/C24H27N3O2S/c1-25-24-27(22(16-30-24)21-14-13-20(28-2)15-23(21)29-3)26-19-11-9-18(10-12-19)17-7-5-4-6-8-17/h4-8,11,13-16,18,26H,9-10,12H2,1-3H3/t18-/m1/s1. The first-order valence-corrected chi connectivity index (χ1v) is 11.0. The number of thiazole rings is 1. The van der Waals surface area contributed by atoms with Crippen LogP contribution in [0, 0.1) is 0 Å². The fourth-order valence-electron chi connectivity index (χ4n) is 3.88. The van der Waals surface area contributed by atoms with Gasteiger partial charge in [-0.25, -0.2) is 4.68 Å². The molecule has 1 aromatic heterocycles. The van der Waals surface area contributed by atoms with Crippen LogP contribution in [-0.4, -0.2) is 25.9 Å². The molecule has 0 saturated heterocycles. The van der Waals surface area contributed by atoms with E-state index in [2.05, 4.69) is 56.9 Å². The van der Waals surface area contributed by atoms with Crippen LogP contribution in [0.3, 0.4) is 0 Å². The van der Waals surface area contributed by atoms with Gasteiger partial charge in [-0.2, -0.15) is 0 Å². The second-order valence-corrected chi connectivity index (χ2v) is 8.09. The molecule has 0 radical (unpaired) electrons. The fraction of sp³-hybridized carbons (Fsp3) is 0.292. The lowest BCUT2D eigenvalue weighted by Gasteiger charge is -2.24. The molecule has 1 N–H and O–H groups in total. The summed E-state index contributed by atoms with van der Waals surface area (Å²) in [5.41, 5.74) is 8.27. The van der Waals surface area contributed by atoms with Crippen molar-refractivity contribution in [2.45, 2.75) is 25.2 Å². The lowest BCUT2D eigenvalue weighted by Crippen LogP contribution is -2.27. The third kappa shape index (κ3) is 4.14. The average molecular weight is 422 g/mol. The number of nitrogens with zero attached hydrogens (tertiary/aromatic N) is 2. The molecule has 0 aliphatic heterocycles. The minimum Gasteiger partial charge on any atom is -0.497 e. The zero-order chi connectivity index (χ0) is 20.9. The number of nitrogens with one attached hydrogen (secondary N) is 1. The molecule has 1 atom stereocenters. The van der Waals surface area contributed by atoms with E-state index in [1.807, 2.05) is 25.2 Å². The zero-order valence-electron chi connectivity index (χ0n) is 17.6. The highest BCUT2D eigenvalue weighted by Gasteiger charge is 2.19. The Labute approximate surface area is 181 Å². The van der Waals surface area contributed by atoms with Gasteiger partial charge in [-0.05, 0) is 42.9 Å². The summed E-state index contributed by atoms with van der Waals surface area (Å²) < 4.78 is 13.0. The van der Waals surface area contributed by atoms with Crippen molar-refractivity contribution in [3.8, 4) is 22.8 Å². The fourth-order valence-corrected chi connectivity index (χ4v) is 4.68. The maximum Gasteiger partial charge on any atom is 0.204 e. The number of ether oxygens (including phenoxy) is 2. The summed E-state index contributed by atoms with van der Waals surface area (Å²) in [6.45, 7) is 0. The molecule has 3 aromatic rings. The lowest BCUT2D eigenvalue weighted by atomic mass is 9.87. The first kappa shape index (κ1) is 20.3. The van der Waals surface area contributed by atoms with E-state index in [1.54, 1.807) is 25.6 Å². The van der Waals surface area contributed by atoms with Crippen molar-refractivity contribution in [3.05, 3.63) is 76.0 Å². The van der Waals surface area contributed by atoms with Gasteiger partial charge >= 0.3 is 0 Å². The first-order valence-electron chi connectivity index (χ1n) is 10.1. The Bertz CT molecular complexity index is 1100. The van der Waals surface area contributed by atoms with Gasteiger partial charge in [0.2, 0.25) is 4.80 Å². The maximum absolute atomic E-state index is 5.63. The molecular weight excluding hydrogens is 394 g/mol. The van der Waals surface area contributed by atoms with Gasteiger partial charge in [0, 0.05) is 29.8 Å². The van der Waals surface area contributed by atoms with E-state index in [4.69, 9.17) is 9.47 Å². The summed E-state index contributed by atoms with van der Waals surface area (Å²) in [5.74, 6) is 2.13. The van der Waals surface area contributed by atoms with Gasteiger partial charge in [0.25, 0.3) is 0 Å². The van der Waals surface area contributed by atoms with Gasteiger partial charge in [-0.3, -0.25) is 10.4 Å². The largest absolute Gasteiger partial charge is 0.497 e. The number of hydrogen-bond donors (Lipinski definition) is 1. The number of aromatic nitrogens is 1. The van der Waals surface area contributed by atoms with Crippen LogP contribution in [0.25, 0.3) is 11.3 Å². The average Bonchev–Trinajstić information content (AvgIpc) is 3.21. The second-order valence-electron chi connectivity index (χ2n) is 7.25. The molecule has 0 amide bonds. The van der Waals surface area contributed by atoms with Gasteiger partial charge in [-0.1, -0.05) is 36.4 Å². The summed E-state index contributed by atoms with van der Waals surface area (Å²) in [6, 6.07) is 16.7. The van der Waals surface area contributed by atoms with Crippen molar-refractivity contribution in [1.82, 2.24) is 4.68 Å². The molecule has 6 heteroatoms. The SMILES string of the molecule is CN=c1scc(-c2ccc(OC)cc2OC)n1NC1=CC[C@@H](c2ccccc2)CC1. The van der Waals surface area contributed by atoms with E-state index in [-0.39, 0.29) is 0 Å². The number of methoxy groups -OCH3 is 2. The smallest absolute Gasteiger partial charge is 0.204 e. The minimum absolute atomic E-state index is 0.584. The van der Waals surface area contributed by atoms with Gasteiger partial charge < -0.3 is 9.47 Å². The van der Waals surface area contributed by atoms with E-state index in [0.29, 0.717) is 5.92 Å². The molecule has 0 spiro atoms. The third-order valence-corrected chi connectivity index (χ3v) is 6.44. The Hall–Kier alpha value is -2.99. The van der Waals surface area contributed by atoms with Crippen molar-refractivity contribution < 1.29 is 9.47 Å². The number of benzene rings is 2. The van der Waals surface area contributed by atoms with Gasteiger partial charge in [0.1, 0.15) is 11.5 Å². The molecule has 1 aliphatic rings. The van der Waals surface area contributed by atoms with Crippen molar-refractivity contribution in [2.75, 3.05) is 26.7 Å². The van der Waals surface area contributed by atoms with Gasteiger partial charge in [0.05, 0.1) is 19.9 Å². The summed E-state index contributed by atoms with van der Waals surface area (Å²) >= 11 is 1.61. The van der Waals surface area contributed by atoms with Gasteiger partial charge in [0.15, 0.2) is 0 Å². The Morgan fingerprint density at radius 3 is 2.60 bits per heavy atom. The van der Waals surface area contributed by atoms with Crippen LogP contribution >= 0.6 is 11.3 Å². The highest BCUT2D eigenvalue weighted by molar-refractivity contribution is 7.07. The molecule has 4 rings (SSSR count). The monoisotopic (exact) mass is 421 g/mol. The lowest BCUT2D eigenvalue weighted by molar-refractivity contribution is 0.395. The van der Waals surface area contributed by atoms with Gasteiger partial charge in [-0.15, -0.1) is 11.3 Å². The number of allylic oxidation sites excluding steroid dienone is 2. The van der Waals surface area contributed by atoms with E-state index < -0.39 is 0 Å². The van der Waals surface area contributed by atoms with Crippen LogP contribution in [0.15, 0.2) is 70.7 Å². The molecule has 1 aliphatic carbocycles. The Kier molecular flexibility index (Phi) is 6.23. The van der Waals surface area contributed by atoms with Crippen molar-refractivity contribution >= 4 is 11.3 Å². The highest BCUT2D eigenvalue weighted by Crippen LogP contribution is 2.35. The number of rotatable bonds is 6. The van der Waals surface area contributed by atoms with Crippen LogP contribution in [0.1, 0.15) is 30.7 Å². The molecule has 30 heavy (non-hydrogen) atoms. The van der Waals surface area contributed by atoms with Crippen LogP contribution < -0.4 is 19.7 Å². The predicted molar refractivity (Wildman–Crippen MR) is 123 cm³/mol. The van der Waals surface area contributed by atoms with Crippen LogP contribution in [0.5, 0.6) is 11.5 Å². The molecule has 156 valence electrons. The van der Waals surface area contributed by atoms with Crippen molar-refractivity contribution in [3.63, 3.8) is 0 Å². The second kappa shape index (κ2) is 9.22. The van der Waals surface area contributed by atoms with E-state index in [1.165, 1.54) is 11.3 Å². The van der Waals surface area contributed by atoms with Crippen LogP contribution in [-0.2, 0) is 0 Å². The Morgan fingerprint density at radius 1 is 1.10 bits per heavy atom. The molecular formula is C24H27N3O2S. The van der Waals surface area contributed by atoms with Crippen molar-refractivity contribution in [1.29, 1.82) is 0 Å². The summed E-state index contributed by atoms with van der Waals surface area (Å²) in [5, 5.41) is 2.11. The Balaban J connectivity index is 1.62. The molecule has 0 fully saturated rings. The van der Waals surface area contributed by atoms with E-state index >= 15 is 0 Å². The molecule has 0 bridgehead atoms. The summed E-state index contributed by atoms with van der Waals surface area (Å²) in [6.07, 6.45) is 5.50. The van der Waals surface area contributed by atoms with Crippen molar-refractivity contribution in [2.24, 2.45) is 4.99 Å². The highest BCUT2D eigenvalue weighted by atomic mass is 32.1. The molecule has 1 heterocycles. The quantitative estimate of drug-likeness (QED) is 0.598. The zero-order valence-corrected chi connectivity index (χ0v) is 18.4. The molecule has 0 saturated carbocycles. The molecule has 0 unspecified atom stereocenters.